The zero-order valence-electron chi connectivity index (χ0n) is 5.97. The second-order valence-electron chi connectivity index (χ2n) is 2.60. The van der Waals surface area contributed by atoms with Crippen molar-refractivity contribution in [2.75, 3.05) is 13.2 Å². The fourth-order valence-electron chi connectivity index (χ4n) is 1.21. The summed E-state index contributed by atoms with van der Waals surface area (Å²) in [5, 5.41) is 0. The van der Waals surface area contributed by atoms with Gasteiger partial charge >= 0.3 is 0 Å². The van der Waals surface area contributed by atoms with Gasteiger partial charge in [0.25, 0.3) is 0 Å². The van der Waals surface area contributed by atoms with Gasteiger partial charge in [0.1, 0.15) is 0 Å². The average molecular weight is 129 g/mol. The summed E-state index contributed by atoms with van der Waals surface area (Å²) in [6, 6.07) is 0. The second-order valence-corrected chi connectivity index (χ2v) is 2.60. The molecule has 1 rings (SSSR count). The summed E-state index contributed by atoms with van der Waals surface area (Å²) in [5.41, 5.74) is 5.51. The van der Waals surface area contributed by atoms with Gasteiger partial charge in [-0.15, -0.1) is 0 Å². The van der Waals surface area contributed by atoms with Crippen molar-refractivity contribution in [1.29, 1.82) is 0 Å². The van der Waals surface area contributed by atoms with E-state index < -0.39 is 0 Å². The van der Waals surface area contributed by atoms with E-state index in [-0.39, 0.29) is 0 Å². The van der Waals surface area contributed by atoms with E-state index in [1.165, 1.54) is 6.42 Å². The molecule has 1 saturated heterocycles. The Hall–Kier alpha value is -0.0800. The first kappa shape index (κ1) is 7.03. The SMILES string of the molecule is CCC(CN)C1CCO1. The van der Waals surface area contributed by atoms with Crippen LogP contribution < -0.4 is 5.73 Å². The van der Waals surface area contributed by atoms with E-state index in [1.54, 1.807) is 0 Å². The lowest BCUT2D eigenvalue weighted by Crippen LogP contribution is -2.37. The molecule has 0 amide bonds. The van der Waals surface area contributed by atoms with Crippen LogP contribution in [0.1, 0.15) is 19.8 Å². The van der Waals surface area contributed by atoms with E-state index in [2.05, 4.69) is 6.92 Å². The third-order valence-electron chi connectivity index (χ3n) is 2.09. The summed E-state index contributed by atoms with van der Waals surface area (Å²) in [4.78, 5) is 0. The molecular weight excluding hydrogens is 114 g/mol. The van der Waals surface area contributed by atoms with Gasteiger partial charge in [-0.25, -0.2) is 0 Å². The molecule has 2 heteroatoms. The van der Waals surface area contributed by atoms with Crippen LogP contribution in [0.25, 0.3) is 0 Å². The van der Waals surface area contributed by atoms with Crippen LogP contribution in [0, 0.1) is 5.92 Å². The maximum absolute atomic E-state index is 5.51. The summed E-state index contributed by atoms with van der Waals surface area (Å²) >= 11 is 0. The van der Waals surface area contributed by atoms with Crippen molar-refractivity contribution in [3.63, 3.8) is 0 Å². The van der Waals surface area contributed by atoms with E-state index in [9.17, 15) is 0 Å². The molecule has 0 saturated carbocycles. The average Bonchev–Trinajstić information content (AvgIpc) is 1.78. The molecule has 0 aromatic carbocycles. The van der Waals surface area contributed by atoms with Crippen molar-refractivity contribution in [3.8, 4) is 0 Å². The van der Waals surface area contributed by atoms with E-state index in [1.807, 2.05) is 0 Å². The highest BCUT2D eigenvalue weighted by atomic mass is 16.5. The van der Waals surface area contributed by atoms with E-state index >= 15 is 0 Å². The molecule has 0 aromatic heterocycles. The van der Waals surface area contributed by atoms with Gasteiger partial charge in [0.15, 0.2) is 0 Å². The Labute approximate surface area is 56.4 Å². The monoisotopic (exact) mass is 129 g/mol. The Morgan fingerprint density at radius 3 is 2.56 bits per heavy atom. The van der Waals surface area contributed by atoms with Crippen molar-refractivity contribution in [2.45, 2.75) is 25.9 Å². The molecule has 0 aromatic rings. The smallest absolute Gasteiger partial charge is 0.0637 e. The van der Waals surface area contributed by atoms with E-state index in [0.29, 0.717) is 12.0 Å². The Bertz CT molecular complexity index is 77.0. The van der Waals surface area contributed by atoms with Crippen LogP contribution in [0.4, 0.5) is 0 Å². The fraction of sp³-hybridized carbons (Fsp3) is 1.00. The highest BCUT2D eigenvalue weighted by Crippen LogP contribution is 2.21. The minimum Gasteiger partial charge on any atom is -0.378 e. The predicted octanol–water partition coefficient (Wildman–Crippen LogP) is 0.760. The fourth-order valence-corrected chi connectivity index (χ4v) is 1.21. The lowest BCUT2D eigenvalue weighted by molar-refractivity contribution is -0.0831. The highest BCUT2D eigenvalue weighted by molar-refractivity contribution is 4.75. The third-order valence-corrected chi connectivity index (χ3v) is 2.09. The van der Waals surface area contributed by atoms with Gasteiger partial charge in [0.2, 0.25) is 0 Å². The molecule has 0 bridgehead atoms. The summed E-state index contributed by atoms with van der Waals surface area (Å²) in [6.45, 7) is 3.89. The maximum atomic E-state index is 5.51. The maximum Gasteiger partial charge on any atom is 0.0637 e. The standard InChI is InChI=1S/C7H15NO/c1-2-6(5-8)7-3-4-9-7/h6-7H,2-5,8H2,1H3. The van der Waals surface area contributed by atoms with Crippen molar-refractivity contribution < 1.29 is 4.74 Å². The largest absolute Gasteiger partial charge is 0.378 e. The normalized spacial score (nSPS) is 29.3. The molecule has 1 aliphatic heterocycles. The predicted molar refractivity (Wildman–Crippen MR) is 37.2 cm³/mol. The second kappa shape index (κ2) is 3.18. The molecule has 2 atom stereocenters. The quantitative estimate of drug-likeness (QED) is 0.610. The number of hydrogen-bond acceptors (Lipinski definition) is 2. The molecule has 0 aliphatic carbocycles. The number of ether oxygens (including phenoxy) is 1. The molecule has 1 fully saturated rings. The summed E-state index contributed by atoms with van der Waals surface area (Å²) in [7, 11) is 0. The number of hydrogen-bond donors (Lipinski definition) is 1. The number of nitrogens with two attached hydrogens (primary N) is 1. The van der Waals surface area contributed by atoms with E-state index in [4.69, 9.17) is 10.5 Å². The van der Waals surface area contributed by atoms with Crippen LogP contribution in [0.15, 0.2) is 0 Å². The van der Waals surface area contributed by atoms with Crippen LogP contribution in [0.5, 0.6) is 0 Å². The van der Waals surface area contributed by atoms with Crippen LogP contribution >= 0.6 is 0 Å². The molecule has 2 N–H and O–H groups in total. The minimum atomic E-state index is 0.486. The topological polar surface area (TPSA) is 35.2 Å². The van der Waals surface area contributed by atoms with Gasteiger partial charge in [0, 0.05) is 6.61 Å². The summed E-state index contributed by atoms with van der Waals surface area (Å²) in [6.07, 6.45) is 2.86. The molecule has 54 valence electrons. The van der Waals surface area contributed by atoms with Crippen molar-refractivity contribution in [2.24, 2.45) is 11.7 Å². The van der Waals surface area contributed by atoms with Gasteiger partial charge in [-0.3, -0.25) is 0 Å². The van der Waals surface area contributed by atoms with Gasteiger partial charge in [-0.05, 0) is 25.3 Å². The molecule has 1 heterocycles. The summed E-state index contributed by atoms with van der Waals surface area (Å²) < 4.78 is 5.29. The first-order valence-electron chi connectivity index (χ1n) is 3.70. The Morgan fingerprint density at radius 2 is 2.44 bits per heavy atom. The Morgan fingerprint density at radius 1 is 1.78 bits per heavy atom. The zero-order chi connectivity index (χ0) is 6.69. The molecular formula is C7H15NO. The van der Waals surface area contributed by atoms with Crippen LogP contribution in [-0.2, 0) is 4.74 Å². The van der Waals surface area contributed by atoms with Crippen LogP contribution in [0.3, 0.4) is 0 Å². The lowest BCUT2D eigenvalue weighted by Gasteiger charge is -2.32. The third kappa shape index (κ3) is 1.43. The van der Waals surface area contributed by atoms with Crippen LogP contribution in [-0.4, -0.2) is 19.3 Å². The van der Waals surface area contributed by atoms with Gasteiger partial charge in [0.05, 0.1) is 6.10 Å². The summed E-state index contributed by atoms with van der Waals surface area (Å²) in [5.74, 6) is 0.610. The molecule has 0 spiro atoms. The first-order valence-corrected chi connectivity index (χ1v) is 3.70. The van der Waals surface area contributed by atoms with Crippen LogP contribution in [0.2, 0.25) is 0 Å². The minimum absolute atomic E-state index is 0.486. The Balaban J connectivity index is 2.19. The molecule has 9 heavy (non-hydrogen) atoms. The van der Waals surface area contributed by atoms with Crippen molar-refractivity contribution in [3.05, 3.63) is 0 Å². The van der Waals surface area contributed by atoms with E-state index in [0.717, 1.165) is 19.6 Å². The van der Waals surface area contributed by atoms with Gasteiger partial charge in [-0.2, -0.15) is 0 Å². The Kier molecular flexibility index (Phi) is 2.49. The van der Waals surface area contributed by atoms with Gasteiger partial charge < -0.3 is 10.5 Å². The molecule has 1 aliphatic rings. The molecule has 2 nitrogen and oxygen atoms in total. The first-order chi connectivity index (χ1) is 4.38. The highest BCUT2D eigenvalue weighted by Gasteiger charge is 2.25. The van der Waals surface area contributed by atoms with Gasteiger partial charge in [-0.1, -0.05) is 6.92 Å². The number of rotatable bonds is 3. The zero-order valence-corrected chi connectivity index (χ0v) is 5.97. The van der Waals surface area contributed by atoms with Crippen molar-refractivity contribution >= 4 is 0 Å². The van der Waals surface area contributed by atoms with Crippen molar-refractivity contribution in [1.82, 2.24) is 0 Å². The molecule has 0 radical (unpaired) electrons. The molecule has 2 unspecified atom stereocenters. The lowest BCUT2D eigenvalue weighted by atomic mass is 9.94.